The number of carbonyl (C=O) groups is 1. The van der Waals surface area contributed by atoms with Gasteiger partial charge in [0.1, 0.15) is 10.6 Å². The first-order valence-corrected chi connectivity index (χ1v) is 9.42. The molecule has 1 spiro atoms. The quantitative estimate of drug-likeness (QED) is 0.894. The van der Waals surface area contributed by atoms with Crippen molar-refractivity contribution in [2.45, 2.75) is 36.0 Å². The van der Waals surface area contributed by atoms with Crippen molar-refractivity contribution in [2.75, 3.05) is 10.8 Å². The van der Waals surface area contributed by atoms with Gasteiger partial charge < -0.3 is 10.1 Å². The fourth-order valence-electron chi connectivity index (χ4n) is 4.05. The van der Waals surface area contributed by atoms with Gasteiger partial charge in [0, 0.05) is 18.2 Å². The molecule has 1 aliphatic carbocycles. The van der Waals surface area contributed by atoms with Crippen molar-refractivity contribution in [1.29, 1.82) is 0 Å². The first kappa shape index (κ1) is 15.3. The number of aromatic nitrogens is 1. The summed E-state index contributed by atoms with van der Waals surface area (Å²) in [7, 11) is -3.79. The number of nitrogens with one attached hydrogen (secondary N) is 1. The molecule has 0 bridgehead atoms. The molecule has 2 aliphatic rings. The van der Waals surface area contributed by atoms with E-state index in [-0.39, 0.29) is 16.0 Å². The average Bonchev–Trinajstić information content (AvgIpc) is 3.28. The van der Waals surface area contributed by atoms with Crippen LogP contribution in [0.5, 0.6) is 0 Å². The van der Waals surface area contributed by atoms with E-state index >= 15 is 0 Å². The second-order valence-electron chi connectivity index (χ2n) is 6.57. The van der Waals surface area contributed by atoms with E-state index in [1.165, 1.54) is 16.6 Å². The first-order chi connectivity index (χ1) is 11.4. The molecule has 1 aromatic heterocycles. The van der Waals surface area contributed by atoms with Crippen LogP contribution >= 0.6 is 0 Å². The third kappa shape index (κ3) is 2.07. The van der Waals surface area contributed by atoms with Crippen LogP contribution in [0.25, 0.3) is 0 Å². The van der Waals surface area contributed by atoms with Gasteiger partial charge in [-0.2, -0.15) is 0 Å². The van der Waals surface area contributed by atoms with E-state index in [1.807, 2.05) is 24.3 Å². The fraction of sp³-hybridized carbons (Fsp3) is 0.353. The fourth-order valence-corrected chi connectivity index (χ4v) is 5.62. The van der Waals surface area contributed by atoms with Crippen LogP contribution in [0.4, 0.5) is 5.69 Å². The van der Waals surface area contributed by atoms with Crippen LogP contribution in [0.15, 0.2) is 41.4 Å². The lowest BCUT2D eigenvalue weighted by Gasteiger charge is -2.25. The van der Waals surface area contributed by atoms with Gasteiger partial charge in [0.15, 0.2) is 0 Å². The maximum atomic E-state index is 13.1. The summed E-state index contributed by atoms with van der Waals surface area (Å²) in [5, 5.41) is 9.01. The molecule has 0 saturated heterocycles. The zero-order chi connectivity index (χ0) is 16.9. The molecular weight excluding hydrogens is 328 g/mol. The van der Waals surface area contributed by atoms with Gasteiger partial charge in [-0.25, -0.2) is 13.2 Å². The maximum Gasteiger partial charge on any atom is 0.352 e. The van der Waals surface area contributed by atoms with Crippen LogP contribution < -0.4 is 4.31 Å². The van der Waals surface area contributed by atoms with Crippen molar-refractivity contribution in [3.05, 3.63) is 47.8 Å². The maximum absolute atomic E-state index is 13.1. The lowest BCUT2D eigenvalue weighted by atomic mass is 9.81. The summed E-state index contributed by atoms with van der Waals surface area (Å²) >= 11 is 0. The van der Waals surface area contributed by atoms with Crippen molar-refractivity contribution in [3.8, 4) is 0 Å². The number of rotatable bonds is 3. The number of anilines is 1. The molecule has 24 heavy (non-hydrogen) atoms. The highest BCUT2D eigenvalue weighted by atomic mass is 32.2. The molecule has 0 radical (unpaired) electrons. The van der Waals surface area contributed by atoms with Crippen LogP contribution in [-0.4, -0.2) is 31.0 Å². The number of carboxylic acids is 1. The van der Waals surface area contributed by atoms with Crippen molar-refractivity contribution in [3.63, 3.8) is 0 Å². The zero-order valence-corrected chi connectivity index (χ0v) is 13.8. The molecule has 0 amide bonds. The monoisotopic (exact) mass is 346 g/mol. The number of benzene rings is 1. The highest BCUT2D eigenvalue weighted by molar-refractivity contribution is 7.92. The van der Waals surface area contributed by atoms with Crippen LogP contribution in [-0.2, 0) is 15.4 Å². The minimum atomic E-state index is -3.79. The Morgan fingerprint density at radius 3 is 2.58 bits per heavy atom. The van der Waals surface area contributed by atoms with Gasteiger partial charge in [-0.1, -0.05) is 31.0 Å². The lowest BCUT2D eigenvalue weighted by molar-refractivity contribution is 0.0691. The van der Waals surface area contributed by atoms with Gasteiger partial charge in [0.25, 0.3) is 10.0 Å². The SMILES string of the molecule is O=C(O)c1cc(S(=O)(=O)N2CC3(CCCC3)c3ccccc32)c[nH]1. The highest BCUT2D eigenvalue weighted by Gasteiger charge is 2.48. The number of carboxylic acid groups (broad SMARTS) is 1. The number of H-pyrrole nitrogens is 1. The summed E-state index contributed by atoms with van der Waals surface area (Å²) in [4.78, 5) is 13.5. The predicted octanol–water partition coefficient (Wildman–Crippen LogP) is 2.73. The van der Waals surface area contributed by atoms with Gasteiger partial charge in [-0.3, -0.25) is 4.31 Å². The van der Waals surface area contributed by atoms with Crippen molar-refractivity contribution >= 4 is 21.7 Å². The van der Waals surface area contributed by atoms with Crippen LogP contribution in [0.2, 0.25) is 0 Å². The summed E-state index contributed by atoms with van der Waals surface area (Å²) in [6, 6.07) is 8.84. The molecule has 0 unspecified atom stereocenters. The molecule has 1 aromatic carbocycles. The zero-order valence-electron chi connectivity index (χ0n) is 13.0. The summed E-state index contributed by atoms with van der Waals surface area (Å²) in [5.74, 6) is -1.18. The number of hydrogen-bond acceptors (Lipinski definition) is 3. The molecule has 7 heteroatoms. The van der Waals surface area contributed by atoms with E-state index < -0.39 is 16.0 Å². The molecule has 6 nitrogen and oxygen atoms in total. The summed E-state index contributed by atoms with van der Waals surface area (Å²) in [5.41, 5.74) is 1.59. The van der Waals surface area contributed by atoms with E-state index in [0.29, 0.717) is 6.54 Å². The molecule has 1 aliphatic heterocycles. The molecule has 4 rings (SSSR count). The van der Waals surface area contributed by atoms with Crippen LogP contribution in [0.3, 0.4) is 0 Å². The van der Waals surface area contributed by atoms with Crippen LogP contribution in [0.1, 0.15) is 41.7 Å². The largest absolute Gasteiger partial charge is 0.477 e. The van der Waals surface area contributed by atoms with Crippen molar-refractivity contribution < 1.29 is 18.3 Å². The third-order valence-corrected chi connectivity index (χ3v) is 6.96. The number of nitrogens with zero attached hydrogens (tertiary/aromatic N) is 1. The number of para-hydroxylation sites is 1. The number of aromatic carboxylic acids is 1. The Hall–Kier alpha value is -2.28. The number of aromatic amines is 1. The average molecular weight is 346 g/mol. The van der Waals surface area contributed by atoms with Gasteiger partial charge in [0.2, 0.25) is 0 Å². The summed E-state index contributed by atoms with van der Waals surface area (Å²) in [6.07, 6.45) is 5.44. The van der Waals surface area contributed by atoms with Crippen molar-refractivity contribution in [1.82, 2.24) is 4.98 Å². The standard InChI is InChI=1S/C17H18N2O4S/c20-16(21)14-9-12(10-18-14)24(22,23)19-11-17(7-3-4-8-17)13-5-1-2-6-15(13)19/h1-2,5-6,9-10,18H,3-4,7-8,11H2,(H,20,21). The third-order valence-electron chi connectivity index (χ3n) is 5.23. The van der Waals surface area contributed by atoms with Crippen molar-refractivity contribution in [2.24, 2.45) is 0 Å². The first-order valence-electron chi connectivity index (χ1n) is 7.98. The lowest BCUT2D eigenvalue weighted by Crippen LogP contribution is -2.35. The van der Waals surface area contributed by atoms with E-state index in [1.54, 1.807) is 0 Å². The topological polar surface area (TPSA) is 90.5 Å². The molecule has 1 saturated carbocycles. The second kappa shape index (κ2) is 5.11. The normalized spacial score (nSPS) is 18.9. The molecule has 2 N–H and O–H groups in total. The molecular formula is C17H18N2O4S. The molecule has 126 valence electrons. The summed E-state index contributed by atoms with van der Waals surface area (Å²) in [6.45, 7) is 0.433. The Labute approximate surface area is 140 Å². The Kier molecular flexibility index (Phi) is 3.25. The molecule has 2 aromatic rings. The number of sulfonamides is 1. The van der Waals surface area contributed by atoms with E-state index in [9.17, 15) is 13.2 Å². The number of hydrogen-bond donors (Lipinski definition) is 2. The molecule has 0 atom stereocenters. The van der Waals surface area contributed by atoms with E-state index in [0.717, 1.165) is 36.9 Å². The van der Waals surface area contributed by atoms with Gasteiger partial charge in [-0.15, -0.1) is 0 Å². The molecule has 2 heterocycles. The Bertz CT molecular complexity index is 910. The van der Waals surface area contributed by atoms with Gasteiger partial charge in [0.05, 0.1) is 5.69 Å². The highest BCUT2D eigenvalue weighted by Crippen LogP contribution is 2.51. The minimum absolute atomic E-state index is 0.00949. The Morgan fingerprint density at radius 2 is 1.92 bits per heavy atom. The smallest absolute Gasteiger partial charge is 0.352 e. The molecule has 1 fully saturated rings. The predicted molar refractivity (Wildman–Crippen MR) is 88.9 cm³/mol. The number of fused-ring (bicyclic) bond motifs is 2. The second-order valence-corrected chi connectivity index (χ2v) is 8.43. The van der Waals surface area contributed by atoms with E-state index in [2.05, 4.69) is 4.98 Å². The van der Waals surface area contributed by atoms with Gasteiger partial charge >= 0.3 is 5.97 Å². The minimum Gasteiger partial charge on any atom is -0.477 e. The van der Waals surface area contributed by atoms with E-state index in [4.69, 9.17) is 5.11 Å². The van der Waals surface area contributed by atoms with Crippen LogP contribution in [0, 0.1) is 0 Å². The summed E-state index contributed by atoms with van der Waals surface area (Å²) < 4.78 is 27.6. The Morgan fingerprint density at radius 1 is 1.21 bits per heavy atom. The van der Waals surface area contributed by atoms with Gasteiger partial charge in [-0.05, 0) is 30.5 Å². The Balaban J connectivity index is 1.80.